The van der Waals surface area contributed by atoms with E-state index >= 15 is 0 Å². The summed E-state index contributed by atoms with van der Waals surface area (Å²) in [7, 11) is 0. The number of halogens is 1. The minimum Gasteiger partial charge on any atom is -0.385 e. The molecule has 2 heteroatoms. The fraction of sp³-hybridized carbons (Fsp3) is 0.571. The van der Waals surface area contributed by atoms with Crippen LogP contribution in [-0.2, 0) is 5.60 Å². The lowest BCUT2D eigenvalue weighted by molar-refractivity contribution is 0.117. The van der Waals surface area contributed by atoms with Gasteiger partial charge in [0.1, 0.15) is 0 Å². The summed E-state index contributed by atoms with van der Waals surface area (Å²) in [6.07, 6.45) is 4.98. The molecule has 86 valence electrons. The van der Waals surface area contributed by atoms with Crippen molar-refractivity contribution in [3.63, 3.8) is 0 Å². The molecule has 3 rings (SSSR count). The van der Waals surface area contributed by atoms with E-state index in [0.717, 1.165) is 10.0 Å². The molecule has 0 bridgehead atoms. The third-order valence-corrected chi connectivity index (χ3v) is 4.91. The van der Waals surface area contributed by atoms with E-state index in [1.807, 2.05) is 6.07 Å². The quantitative estimate of drug-likeness (QED) is 0.831. The number of aryl methyl sites for hydroxylation is 1. The van der Waals surface area contributed by atoms with E-state index in [0.29, 0.717) is 11.8 Å². The lowest BCUT2D eigenvalue weighted by Gasteiger charge is -2.15. The van der Waals surface area contributed by atoms with E-state index in [4.69, 9.17) is 0 Å². The summed E-state index contributed by atoms with van der Waals surface area (Å²) in [5, 5.41) is 10.8. The molecule has 2 atom stereocenters. The second-order valence-corrected chi connectivity index (χ2v) is 6.20. The highest BCUT2D eigenvalue weighted by Crippen LogP contribution is 2.64. The maximum absolute atomic E-state index is 10.8. The van der Waals surface area contributed by atoms with Crippen molar-refractivity contribution in [2.75, 3.05) is 0 Å². The molecule has 0 radical (unpaired) electrons. The molecular formula is C14H17BrO. The van der Waals surface area contributed by atoms with E-state index in [2.05, 4.69) is 35.0 Å². The first kappa shape index (κ1) is 10.8. The Balaban J connectivity index is 2.01. The van der Waals surface area contributed by atoms with Gasteiger partial charge in [0, 0.05) is 4.47 Å². The number of fused-ring (bicyclic) bond motifs is 1. The summed E-state index contributed by atoms with van der Waals surface area (Å²) in [5.41, 5.74) is 1.86. The van der Waals surface area contributed by atoms with Crippen molar-refractivity contribution >= 4 is 15.9 Å². The third-order valence-electron chi connectivity index (χ3n) is 4.42. The molecule has 2 fully saturated rings. The molecular weight excluding hydrogens is 264 g/mol. The van der Waals surface area contributed by atoms with Crippen LogP contribution in [0.2, 0.25) is 0 Å². The zero-order valence-corrected chi connectivity index (χ0v) is 11.1. The number of aliphatic hydroxyl groups is 1. The predicted molar refractivity (Wildman–Crippen MR) is 68.2 cm³/mol. The van der Waals surface area contributed by atoms with Crippen molar-refractivity contribution in [3.05, 3.63) is 33.8 Å². The van der Waals surface area contributed by atoms with Gasteiger partial charge in [-0.3, -0.25) is 0 Å². The first-order valence-electron chi connectivity index (χ1n) is 6.13. The molecule has 0 spiro atoms. The van der Waals surface area contributed by atoms with Crippen LogP contribution in [-0.4, -0.2) is 5.11 Å². The van der Waals surface area contributed by atoms with Crippen LogP contribution in [0.1, 0.15) is 36.8 Å². The van der Waals surface area contributed by atoms with E-state index in [9.17, 15) is 5.11 Å². The molecule has 2 aliphatic rings. The molecule has 2 aliphatic carbocycles. The number of hydrogen-bond acceptors (Lipinski definition) is 1. The summed E-state index contributed by atoms with van der Waals surface area (Å²) in [4.78, 5) is 0. The van der Waals surface area contributed by atoms with Gasteiger partial charge >= 0.3 is 0 Å². The highest BCUT2D eigenvalue weighted by atomic mass is 79.9. The zero-order valence-electron chi connectivity index (χ0n) is 9.54. The maximum atomic E-state index is 10.8. The summed E-state index contributed by atoms with van der Waals surface area (Å²) < 4.78 is 1.07. The van der Waals surface area contributed by atoms with Crippen LogP contribution in [0.3, 0.4) is 0 Å². The zero-order chi connectivity index (χ0) is 11.3. The van der Waals surface area contributed by atoms with E-state index in [-0.39, 0.29) is 0 Å². The largest absolute Gasteiger partial charge is 0.385 e. The first-order valence-corrected chi connectivity index (χ1v) is 6.92. The molecule has 0 aliphatic heterocycles. The molecule has 0 aromatic heterocycles. The Morgan fingerprint density at radius 2 is 1.88 bits per heavy atom. The minimum atomic E-state index is -0.510. The Hall–Kier alpha value is -0.340. The topological polar surface area (TPSA) is 20.2 Å². The fourth-order valence-electron chi connectivity index (χ4n) is 3.52. The second kappa shape index (κ2) is 3.58. The highest BCUT2D eigenvalue weighted by molar-refractivity contribution is 9.10. The molecule has 2 unspecified atom stereocenters. The fourth-order valence-corrected chi connectivity index (χ4v) is 3.88. The van der Waals surface area contributed by atoms with E-state index in [1.54, 1.807) is 0 Å². The van der Waals surface area contributed by atoms with Gasteiger partial charge in [-0.2, -0.15) is 0 Å². The molecule has 1 N–H and O–H groups in total. The van der Waals surface area contributed by atoms with Crippen LogP contribution in [0.5, 0.6) is 0 Å². The average Bonchev–Trinajstić information content (AvgIpc) is 2.90. The molecule has 0 amide bonds. The van der Waals surface area contributed by atoms with Crippen LogP contribution >= 0.6 is 15.9 Å². The van der Waals surface area contributed by atoms with Crippen molar-refractivity contribution < 1.29 is 5.11 Å². The van der Waals surface area contributed by atoms with Crippen molar-refractivity contribution in [2.24, 2.45) is 11.8 Å². The minimum absolute atomic E-state index is 0.510. The molecule has 1 aromatic carbocycles. The predicted octanol–water partition coefficient (Wildman–Crippen LogP) is 3.77. The third kappa shape index (κ3) is 1.39. The molecule has 16 heavy (non-hydrogen) atoms. The van der Waals surface area contributed by atoms with Crippen LogP contribution in [0.25, 0.3) is 0 Å². The normalized spacial score (nSPS) is 36.9. The Morgan fingerprint density at radius 3 is 2.50 bits per heavy atom. The van der Waals surface area contributed by atoms with Gasteiger partial charge < -0.3 is 5.11 Å². The Bertz CT molecular complexity index is 415. The first-order chi connectivity index (χ1) is 7.64. The van der Waals surface area contributed by atoms with Crippen molar-refractivity contribution in [1.82, 2.24) is 0 Å². The van der Waals surface area contributed by atoms with Crippen LogP contribution in [0.15, 0.2) is 22.7 Å². The van der Waals surface area contributed by atoms with Gasteiger partial charge in [-0.05, 0) is 54.9 Å². The Labute approximate surface area is 105 Å². The van der Waals surface area contributed by atoms with Gasteiger partial charge in [0.05, 0.1) is 5.60 Å². The van der Waals surface area contributed by atoms with E-state index in [1.165, 1.54) is 31.2 Å². The van der Waals surface area contributed by atoms with Crippen molar-refractivity contribution in [3.8, 4) is 0 Å². The molecule has 1 aromatic rings. The molecule has 1 nitrogen and oxygen atoms in total. The maximum Gasteiger partial charge on any atom is 0.0963 e. The monoisotopic (exact) mass is 280 g/mol. The van der Waals surface area contributed by atoms with Crippen molar-refractivity contribution in [1.29, 1.82) is 0 Å². The Kier molecular flexibility index (Phi) is 2.41. The van der Waals surface area contributed by atoms with Crippen LogP contribution < -0.4 is 0 Å². The van der Waals surface area contributed by atoms with Crippen LogP contribution in [0, 0.1) is 18.8 Å². The standard InChI is InChI=1S/C14H17BrO/c1-9-6-7-10(15)8-13(9)14(16)11-4-2-3-5-12(11)14/h6-8,11-12,16H,2-5H2,1H3. The van der Waals surface area contributed by atoms with Gasteiger partial charge in [0.15, 0.2) is 0 Å². The second-order valence-electron chi connectivity index (χ2n) is 5.28. The Morgan fingerprint density at radius 1 is 1.25 bits per heavy atom. The van der Waals surface area contributed by atoms with E-state index < -0.39 is 5.60 Å². The number of rotatable bonds is 1. The number of benzene rings is 1. The SMILES string of the molecule is Cc1ccc(Br)cc1C1(O)C2CCCCC21. The van der Waals surface area contributed by atoms with Gasteiger partial charge in [-0.25, -0.2) is 0 Å². The summed E-state index contributed by atoms with van der Waals surface area (Å²) >= 11 is 3.50. The molecule has 0 saturated heterocycles. The highest BCUT2D eigenvalue weighted by Gasteiger charge is 2.64. The van der Waals surface area contributed by atoms with Crippen LogP contribution in [0.4, 0.5) is 0 Å². The smallest absolute Gasteiger partial charge is 0.0963 e. The summed E-state index contributed by atoms with van der Waals surface area (Å²) in [5.74, 6) is 1.04. The van der Waals surface area contributed by atoms with Gasteiger partial charge in [-0.15, -0.1) is 0 Å². The average molecular weight is 281 g/mol. The van der Waals surface area contributed by atoms with Crippen molar-refractivity contribution in [2.45, 2.75) is 38.2 Å². The molecule has 0 heterocycles. The molecule has 2 saturated carbocycles. The lowest BCUT2D eigenvalue weighted by atomic mass is 9.98. The number of hydrogen-bond donors (Lipinski definition) is 1. The summed E-state index contributed by atoms with van der Waals surface area (Å²) in [6, 6.07) is 6.25. The van der Waals surface area contributed by atoms with Gasteiger partial charge in [-0.1, -0.05) is 34.8 Å². The summed E-state index contributed by atoms with van der Waals surface area (Å²) in [6.45, 7) is 2.10. The van der Waals surface area contributed by atoms with Gasteiger partial charge in [0.25, 0.3) is 0 Å². The lowest BCUT2D eigenvalue weighted by Crippen LogP contribution is -2.12. The van der Waals surface area contributed by atoms with Gasteiger partial charge in [0.2, 0.25) is 0 Å².